The van der Waals surface area contributed by atoms with Crippen molar-refractivity contribution in [3.8, 4) is 69.1 Å². The van der Waals surface area contributed by atoms with Gasteiger partial charge < -0.3 is 77.6 Å². The number of nitriles is 1. The Bertz CT molecular complexity index is 5850. The summed E-state index contributed by atoms with van der Waals surface area (Å²) >= 11 is 35.4. The number of aliphatic hydroxyl groups excluding tert-OH is 2. The van der Waals surface area contributed by atoms with Crippen LogP contribution in [-0.2, 0) is 43.9 Å². The number of hydrogen-bond donors (Lipinski definition) is 14. The number of carbonyl (C=O) groups excluding carboxylic acids is 1. The molecule has 2 aliphatic rings. The van der Waals surface area contributed by atoms with Gasteiger partial charge in [-0.05, 0) is 225 Å². The number of aromatic nitrogens is 8. The molecule has 0 unspecified atom stereocenters. The summed E-state index contributed by atoms with van der Waals surface area (Å²) in [6.07, 6.45) is 4.14. The Morgan fingerprint density at radius 2 is 0.777 bits per heavy atom. The third-order valence-corrected chi connectivity index (χ3v) is 45.1. The van der Waals surface area contributed by atoms with Crippen LogP contribution in [0.1, 0.15) is 240 Å². The molecule has 0 atom stereocenters. The van der Waals surface area contributed by atoms with Gasteiger partial charge in [0.15, 0.2) is 20.6 Å². The number of halogens is 8. The summed E-state index contributed by atoms with van der Waals surface area (Å²) < 4.78 is 31.6. The van der Waals surface area contributed by atoms with Crippen molar-refractivity contribution in [2.45, 2.75) is 313 Å². The standard InChI is InChI=1S/C20H30ClN3OSi.C19H31N3OSi.C14H16ClN3O.C13H17N3O.C7H11NO.C6H7ClN2O.C6H5ClO.2C6H15ClSi.C6H8N2O.2C2H6O.CO.2ClH/c1-19(2,3)26(6,7)25-16-9-8-13(12-15(16)21)24-18(22)14-10-11-20(4,5)17(14)23-24;1-18(2,3)16-13-17(20)22(21-16)14-9-11-15(12-10-14)23-24(7,8)19(4,5)6;1-14(2)6-5-9-12(14)17-18(13(9)16)8-3-4-11(19)10(15)7-8;1-13(2,3)11-8-12(14)16(15-11)9-4-6-10(17)7-5-9;1-7(2,3)6(9)4-5-8;7-5-3-4(9-8)1-2-6(5)10;7-8-6-4-2-1-3-5-6;2*1-6(2,3)8(4,5)7;7-8-5-1-3-6(9)4-2-5;2*1-2-3;1-2;;/h8-9,12H,10-11,22H2,1-7H3;9-13H,20H2,1-8H3;3-4,7,19H,5-6,16H2,1-2H3;4-8,17H,14H2,1-3H3;4H2,1-3H3;1-3,9-10H,8H2;1-5H;2*1-5H3;1-4,8-9H,7H2;2*3H,2H2,1H3;;2*1H. The van der Waals surface area contributed by atoms with E-state index in [1.165, 1.54) is 17.7 Å². The maximum atomic E-state index is 10.8. The van der Waals surface area contributed by atoms with Crippen LogP contribution in [0.15, 0.2) is 170 Å². The number of aromatic hydroxyl groups is 4. The summed E-state index contributed by atoms with van der Waals surface area (Å²) in [5, 5.41) is 80.5. The number of Topliss-reactive ketones (excluding diaryl/α,β-unsaturated/α-hetero) is 1. The van der Waals surface area contributed by atoms with Gasteiger partial charge in [0.25, 0.3) is 8.32 Å². The van der Waals surface area contributed by atoms with E-state index in [0.29, 0.717) is 49.0 Å². The number of ketones is 1. The SMILES string of the molecule is CC(C)(C)C(=O)CC#N.CC(C)(C)[Si](C)(C)Cl.CC(C)(C)[Si](C)(C)Cl.CC(C)(C)c1cc(N)n(-c2ccc(O)cc2)n1.CC(C)(C)c1cc(N)n(-c2ccc(O[Si](C)(C)C(C)(C)C)cc2)n1.CC1(C)CCc2c1nn(-c1ccc(O)c(Cl)c1)c2N.CC1(C)CCc2c1nn(-c1ccc(O[Si](C)(C)C(C)(C)C)c(Cl)c1)c2N.CCO.CCO.Cl.Cl.ClOc1ccccc1.NNc1ccc(O)c(Cl)c1.NNc1ccc(O)cc1.[C-]#[O+]. The van der Waals surface area contributed by atoms with E-state index in [-0.39, 0.29) is 115 Å². The molecule has 2 aliphatic carbocycles. The maximum absolute atomic E-state index is 10.8. The summed E-state index contributed by atoms with van der Waals surface area (Å²) in [6, 6.07) is 51.6. The van der Waals surface area contributed by atoms with Gasteiger partial charge in [-0.15, -0.1) is 24.8 Å². The van der Waals surface area contributed by atoms with Crippen molar-refractivity contribution in [1.82, 2.24) is 39.1 Å². The first-order chi connectivity index (χ1) is 66.7. The summed E-state index contributed by atoms with van der Waals surface area (Å²) in [5.74, 6) is 15.7. The molecule has 11 aromatic rings. The number of benzene rings is 7. The van der Waals surface area contributed by atoms with Crippen molar-refractivity contribution in [1.29, 1.82) is 5.26 Å². The van der Waals surface area contributed by atoms with Crippen LogP contribution >= 0.6 is 93.6 Å². The Kier molecular flexibility index (Phi) is 57.3. The van der Waals surface area contributed by atoms with Crippen molar-refractivity contribution in [2.24, 2.45) is 17.1 Å². The molecule has 4 aromatic heterocycles. The second-order valence-electron chi connectivity index (χ2n) is 45.2. The minimum absolute atomic E-state index is 0. The van der Waals surface area contributed by atoms with Gasteiger partial charge >= 0.3 is 11.3 Å². The number of anilines is 6. The zero-order chi connectivity index (χ0) is 113. The summed E-state index contributed by atoms with van der Waals surface area (Å²) in [7, 11) is -6.53. The van der Waals surface area contributed by atoms with E-state index in [0.717, 1.165) is 99.8 Å². The van der Waals surface area contributed by atoms with Gasteiger partial charge in [-0.3, -0.25) is 16.5 Å². The third-order valence-electron chi connectivity index (χ3n) is 24.8. The number of aliphatic hydroxyl groups is 2. The van der Waals surface area contributed by atoms with Gasteiger partial charge in [-0.1, -0.05) is 252 Å². The second-order valence-corrected chi connectivity index (χ2v) is 70.6. The number of hydrogen-bond acceptors (Lipinski definition) is 23. The number of fused-ring (bicyclic) bond motifs is 2. The molecule has 148 heavy (non-hydrogen) atoms. The Balaban J connectivity index is 0. The van der Waals surface area contributed by atoms with Gasteiger partial charge in [0.1, 0.15) is 75.4 Å². The number of carbonyl (C=O) groups is 1. The number of phenols is 4. The Labute approximate surface area is 927 Å². The van der Waals surface area contributed by atoms with Crippen LogP contribution in [0.25, 0.3) is 22.7 Å². The van der Waals surface area contributed by atoms with Crippen LogP contribution < -0.4 is 58.6 Å². The number of nitrogen functional groups attached to an aromatic ring is 6. The monoisotopic (exact) mass is 2270 g/mol. The van der Waals surface area contributed by atoms with E-state index >= 15 is 0 Å². The van der Waals surface area contributed by atoms with Crippen molar-refractivity contribution in [3.05, 3.63) is 225 Å². The van der Waals surface area contributed by atoms with Gasteiger partial charge in [-0.2, -0.15) is 47.8 Å². The first-order valence-corrected chi connectivity index (χ1v) is 63.3. The molecule has 0 spiro atoms. The average Bonchev–Trinajstić information content (AvgIpc) is 1.60. The first-order valence-electron chi connectivity index (χ1n) is 48.0. The summed E-state index contributed by atoms with van der Waals surface area (Å²) in [4.78, 5) is 10.8. The average molecular weight is 2280 g/mol. The van der Waals surface area contributed by atoms with Crippen molar-refractivity contribution < 1.29 is 53.2 Å². The van der Waals surface area contributed by atoms with Crippen LogP contribution in [0.3, 0.4) is 0 Å². The van der Waals surface area contributed by atoms with Crippen molar-refractivity contribution in [2.75, 3.05) is 47.0 Å². The Hall–Kier alpha value is -9.29. The van der Waals surface area contributed by atoms with Crippen LogP contribution in [0.4, 0.5) is 34.6 Å². The van der Waals surface area contributed by atoms with E-state index in [4.69, 9.17) is 148 Å². The van der Waals surface area contributed by atoms with E-state index in [1.54, 1.807) is 113 Å². The Morgan fingerprint density at radius 3 is 1.06 bits per heavy atom. The summed E-state index contributed by atoms with van der Waals surface area (Å²) in [6.45, 7) is 79.5. The van der Waals surface area contributed by atoms with Gasteiger partial charge in [0.2, 0.25) is 8.32 Å². The van der Waals surface area contributed by atoms with E-state index in [2.05, 4.69) is 242 Å². The molecule has 28 nitrogen and oxygen atoms in total. The number of phenolic OH excluding ortho intramolecular Hbond substituents is 4. The van der Waals surface area contributed by atoms with Crippen LogP contribution in [0, 0.1) is 23.4 Å². The van der Waals surface area contributed by atoms with Crippen LogP contribution in [0.2, 0.25) is 87.6 Å². The number of rotatable bonds is 12. The first kappa shape index (κ1) is 141. The summed E-state index contributed by atoms with van der Waals surface area (Å²) in [5.41, 5.74) is 40.5. The third kappa shape index (κ3) is 44.9. The molecule has 0 bridgehead atoms. The zero-order valence-electron chi connectivity index (χ0n) is 93.4. The molecule has 0 fully saturated rings. The molecular formula is C108H169Cl8N17O11Si4. The second kappa shape index (κ2) is 60.2. The number of hydrazine groups is 2. The molecule has 40 heteroatoms. The molecule has 0 aliphatic heterocycles. The van der Waals surface area contributed by atoms with Crippen molar-refractivity contribution >= 4 is 165 Å². The molecule has 20 N–H and O–H groups in total. The van der Waals surface area contributed by atoms with E-state index in [9.17, 15) is 15.0 Å². The molecule has 7 aromatic carbocycles. The molecule has 13 rings (SSSR count). The minimum atomic E-state index is -1.94. The topological polar surface area (TPSA) is 461 Å². The number of nitrogens with zero attached hydrogens (tertiary/aromatic N) is 9. The molecule has 0 radical (unpaired) electrons. The van der Waals surface area contributed by atoms with Crippen molar-refractivity contribution in [3.63, 3.8) is 0 Å². The fourth-order valence-electron chi connectivity index (χ4n) is 11.4. The van der Waals surface area contributed by atoms with Gasteiger partial charge in [-0.25, -0.2) is 18.7 Å². The quantitative estimate of drug-likeness (QED) is 0.0103. The number of nitrogens with two attached hydrogens (primary N) is 6. The molecule has 0 amide bonds. The zero-order valence-corrected chi connectivity index (χ0v) is 104. The van der Waals surface area contributed by atoms with Crippen LogP contribution in [-0.4, -0.2) is 120 Å². The van der Waals surface area contributed by atoms with Crippen LogP contribution in [0.5, 0.6) is 40.2 Å². The van der Waals surface area contributed by atoms with E-state index in [1.807, 2.05) is 104 Å². The Morgan fingerprint density at radius 1 is 0.459 bits per heavy atom. The number of para-hydroxylation sites is 1. The predicted octanol–water partition coefficient (Wildman–Crippen LogP) is 29.4. The fraction of sp³-hybridized carbons (Fsp3) is 0.472. The van der Waals surface area contributed by atoms with Gasteiger partial charge in [0.05, 0.1) is 78.8 Å². The molecule has 0 saturated carbocycles. The van der Waals surface area contributed by atoms with E-state index < -0.39 is 31.4 Å². The molecular weight excluding hydrogens is 2110 g/mol. The molecule has 0 saturated heterocycles. The fourth-order valence-corrected chi connectivity index (χ4v) is 14.2. The van der Waals surface area contributed by atoms with Gasteiger partial charge in [0, 0.05) is 69.2 Å². The molecule has 4 heterocycles. The molecule has 824 valence electrons. The number of nitrogens with one attached hydrogen (secondary N) is 2. The predicted molar refractivity (Wildman–Crippen MR) is 636 cm³/mol. The normalized spacial score (nSPS) is 12.6.